The van der Waals surface area contributed by atoms with Gasteiger partial charge in [0.15, 0.2) is 0 Å². The second-order valence-corrected chi connectivity index (χ2v) is 6.03. The molecule has 2 atom stereocenters. The Morgan fingerprint density at radius 1 is 1.42 bits per heavy atom. The van der Waals surface area contributed by atoms with Gasteiger partial charge in [0, 0.05) is 31.8 Å². The van der Waals surface area contributed by atoms with E-state index in [9.17, 15) is 14.4 Å². The number of rotatable bonds is 4. The molecular formula is C12H18N2O4S. The summed E-state index contributed by atoms with van der Waals surface area (Å²) in [5, 5.41) is 9.17. The SMILES string of the molecule is CC1CCN(C(=O)CCN2CCSC2=O)C1C(=O)O. The topological polar surface area (TPSA) is 77.9 Å². The Bertz CT molecular complexity index is 401. The summed E-state index contributed by atoms with van der Waals surface area (Å²) < 4.78 is 0. The number of hydrogen-bond donors (Lipinski definition) is 1. The summed E-state index contributed by atoms with van der Waals surface area (Å²) in [6.45, 7) is 3.42. The van der Waals surface area contributed by atoms with Crippen LogP contribution in [0.3, 0.4) is 0 Å². The maximum absolute atomic E-state index is 12.1. The Kier molecular flexibility index (Phi) is 4.34. The van der Waals surface area contributed by atoms with Gasteiger partial charge in [-0.3, -0.25) is 9.59 Å². The first-order chi connectivity index (χ1) is 9.00. The predicted molar refractivity (Wildman–Crippen MR) is 71.0 cm³/mol. The van der Waals surface area contributed by atoms with Gasteiger partial charge in [0.25, 0.3) is 5.24 Å². The Morgan fingerprint density at radius 3 is 2.74 bits per heavy atom. The molecule has 0 spiro atoms. The lowest BCUT2D eigenvalue weighted by Gasteiger charge is -2.24. The van der Waals surface area contributed by atoms with Crippen LogP contribution < -0.4 is 0 Å². The molecule has 19 heavy (non-hydrogen) atoms. The number of thioether (sulfide) groups is 1. The highest BCUT2D eigenvalue weighted by Gasteiger charge is 2.39. The molecule has 1 N–H and O–H groups in total. The molecule has 0 saturated carbocycles. The standard InChI is InChI=1S/C12H18N2O4S/c1-8-2-5-14(10(8)11(16)17)9(15)3-4-13-6-7-19-12(13)18/h8,10H,2-7H2,1H3,(H,16,17). The number of aliphatic carboxylic acids is 1. The van der Waals surface area contributed by atoms with E-state index >= 15 is 0 Å². The van der Waals surface area contributed by atoms with Crippen molar-refractivity contribution >= 4 is 28.9 Å². The molecule has 2 heterocycles. The zero-order valence-corrected chi connectivity index (χ0v) is 11.7. The minimum absolute atomic E-state index is 0.00887. The maximum atomic E-state index is 12.1. The van der Waals surface area contributed by atoms with Gasteiger partial charge in [0.2, 0.25) is 5.91 Å². The van der Waals surface area contributed by atoms with E-state index in [0.29, 0.717) is 19.6 Å². The first-order valence-electron chi connectivity index (χ1n) is 6.44. The quantitative estimate of drug-likeness (QED) is 0.829. The van der Waals surface area contributed by atoms with Crippen LogP contribution in [0.5, 0.6) is 0 Å². The number of carboxylic acid groups (broad SMARTS) is 1. The number of amides is 2. The number of hydrogen-bond acceptors (Lipinski definition) is 4. The molecule has 0 aromatic carbocycles. The summed E-state index contributed by atoms with van der Waals surface area (Å²) in [6.07, 6.45) is 0.935. The molecule has 7 heteroatoms. The number of likely N-dealkylation sites (tertiary alicyclic amines) is 1. The molecule has 0 bridgehead atoms. The molecule has 2 rings (SSSR count). The van der Waals surface area contributed by atoms with Crippen molar-refractivity contribution < 1.29 is 19.5 Å². The fourth-order valence-corrected chi connectivity index (χ4v) is 3.46. The highest BCUT2D eigenvalue weighted by Crippen LogP contribution is 2.25. The van der Waals surface area contributed by atoms with Gasteiger partial charge in [0.1, 0.15) is 6.04 Å². The smallest absolute Gasteiger partial charge is 0.326 e. The van der Waals surface area contributed by atoms with Gasteiger partial charge < -0.3 is 14.9 Å². The van der Waals surface area contributed by atoms with Crippen LogP contribution in [0.15, 0.2) is 0 Å². The number of carbonyl (C=O) groups excluding carboxylic acids is 2. The van der Waals surface area contributed by atoms with E-state index in [1.54, 1.807) is 4.90 Å². The predicted octanol–water partition coefficient (Wildman–Crippen LogP) is 0.867. The second-order valence-electron chi connectivity index (χ2n) is 4.99. The van der Waals surface area contributed by atoms with E-state index in [1.165, 1.54) is 16.7 Å². The van der Waals surface area contributed by atoms with Crippen LogP contribution >= 0.6 is 11.8 Å². The van der Waals surface area contributed by atoms with Gasteiger partial charge in [-0.05, 0) is 12.3 Å². The van der Waals surface area contributed by atoms with E-state index < -0.39 is 12.0 Å². The summed E-state index contributed by atoms with van der Waals surface area (Å²) in [7, 11) is 0. The summed E-state index contributed by atoms with van der Waals surface area (Å²) in [5.74, 6) is -0.344. The van der Waals surface area contributed by atoms with Crippen molar-refractivity contribution in [1.82, 2.24) is 9.80 Å². The summed E-state index contributed by atoms with van der Waals surface area (Å²) in [5.41, 5.74) is 0. The highest BCUT2D eigenvalue weighted by atomic mass is 32.2. The highest BCUT2D eigenvalue weighted by molar-refractivity contribution is 8.13. The van der Waals surface area contributed by atoms with Crippen molar-refractivity contribution in [2.24, 2.45) is 5.92 Å². The molecule has 0 aromatic rings. The van der Waals surface area contributed by atoms with E-state index in [2.05, 4.69) is 0 Å². The van der Waals surface area contributed by atoms with Gasteiger partial charge in [-0.2, -0.15) is 0 Å². The van der Waals surface area contributed by atoms with E-state index in [-0.39, 0.29) is 23.5 Å². The lowest BCUT2D eigenvalue weighted by Crippen LogP contribution is -2.43. The number of carbonyl (C=O) groups is 3. The number of carboxylic acids is 1. The zero-order valence-electron chi connectivity index (χ0n) is 10.9. The second kappa shape index (κ2) is 5.81. The summed E-state index contributed by atoms with van der Waals surface area (Å²) in [4.78, 5) is 37.8. The third-order valence-corrected chi connectivity index (χ3v) is 4.61. The van der Waals surface area contributed by atoms with Gasteiger partial charge in [0.05, 0.1) is 0 Å². The van der Waals surface area contributed by atoms with Crippen LogP contribution in [-0.2, 0) is 9.59 Å². The Balaban J connectivity index is 1.89. The van der Waals surface area contributed by atoms with E-state index in [1.807, 2.05) is 6.92 Å². The van der Waals surface area contributed by atoms with E-state index in [0.717, 1.165) is 12.2 Å². The molecule has 0 aliphatic carbocycles. The molecule has 0 aromatic heterocycles. The Hall–Kier alpha value is -1.24. The monoisotopic (exact) mass is 286 g/mol. The largest absolute Gasteiger partial charge is 0.480 e. The lowest BCUT2D eigenvalue weighted by atomic mass is 10.0. The van der Waals surface area contributed by atoms with Crippen LogP contribution in [-0.4, -0.2) is 63.5 Å². The van der Waals surface area contributed by atoms with Gasteiger partial charge >= 0.3 is 5.97 Å². The molecule has 2 saturated heterocycles. The minimum atomic E-state index is -0.939. The van der Waals surface area contributed by atoms with Gasteiger partial charge in [-0.15, -0.1) is 0 Å². The molecule has 2 aliphatic rings. The lowest BCUT2D eigenvalue weighted by molar-refractivity contribution is -0.149. The first-order valence-corrected chi connectivity index (χ1v) is 7.43. The fourth-order valence-electron chi connectivity index (χ4n) is 2.61. The van der Waals surface area contributed by atoms with Gasteiger partial charge in [-0.25, -0.2) is 4.79 Å². The van der Waals surface area contributed by atoms with Crippen molar-refractivity contribution in [3.8, 4) is 0 Å². The van der Waals surface area contributed by atoms with Crippen LogP contribution in [0.25, 0.3) is 0 Å². The summed E-state index contributed by atoms with van der Waals surface area (Å²) >= 11 is 1.26. The third-order valence-electron chi connectivity index (χ3n) is 3.71. The van der Waals surface area contributed by atoms with Crippen molar-refractivity contribution in [3.05, 3.63) is 0 Å². The van der Waals surface area contributed by atoms with Crippen molar-refractivity contribution in [3.63, 3.8) is 0 Å². The molecule has 2 fully saturated rings. The van der Waals surface area contributed by atoms with Crippen molar-refractivity contribution in [1.29, 1.82) is 0 Å². The molecule has 106 valence electrons. The minimum Gasteiger partial charge on any atom is -0.480 e. The molecule has 2 amide bonds. The zero-order chi connectivity index (χ0) is 14.0. The van der Waals surface area contributed by atoms with Crippen LogP contribution in [0, 0.1) is 5.92 Å². The summed E-state index contributed by atoms with van der Waals surface area (Å²) in [6, 6.07) is -0.712. The fraction of sp³-hybridized carbons (Fsp3) is 0.750. The third kappa shape index (κ3) is 3.02. The van der Waals surface area contributed by atoms with Crippen molar-refractivity contribution in [2.75, 3.05) is 25.4 Å². The maximum Gasteiger partial charge on any atom is 0.326 e. The van der Waals surface area contributed by atoms with Crippen LogP contribution in [0.2, 0.25) is 0 Å². The molecule has 2 unspecified atom stereocenters. The average molecular weight is 286 g/mol. The van der Waals surface area contributed by atoms with E-state index in [4.69, 9.17) is 5.11 Å². The van der Waals surface area contributed by atoms with Gasteiger partial charge in [-0.1, -0.05) is 18.7 Å². The molecule has 2 aliphatic heterocycles. The molecular weight excluding hydrogens is 268 g/mol. The van der Waals surface area contributed by atoms with Crippen LogP contribution in [0.1, 0.15) is 19.8 Å². The normalized spacial score (nSPS) is 27.1. The Morgan fingerprint density at radius 2 is 2.16 bits per heavy atom. The Labute approximate surface area is 116 Å². The first kappa shape index (κ1) is 14.2. The molecule has 6 nitrogen and oxygen atoms in total. The average Bonchev–Trinajstić information content (AvgIpc) is 2.92. The number of nitrogens with zero attached hydrogens (tertiary/aromatic N) is 2. The molecule has 0 radical (unpaired) electrons. The van der Waals surface area contributed by atoms with Crippen LogP contribution in [0.4, 0.5) is 4.79 Å². The van der Waals surface area contributed by atoms with Crippen molar-refractivity contribution in [2.45, 2.75) is 25.8 Å².